The molecule has 0 saturated heterocycles. The van der Waals surface area contributed by atoms with E-state index in [0.717, 1.165) is 39.5 Å². The Morgan fingerprint density at radius 1 is 1.17 bits per heavy atom. The smallest absolute Gasteiger partial charge is 0.407 e. The van der Waals surface area contributed by atoms with Gasteiger partial charge in [0.05, 0.1) is 30.3 Å². The number of nitrogens with one attached hydrogen (secondary N) is 1. The lowest BCUT2D eigenvalue weighted by Gasteiger charge is -2.37. The lowest BCUT2D eigenvalue weighted by atomic mass is 9.87. The summed E-state index contributed by atoms with van der Waals surface area (Å²) >= 11 is 3.56. The van der Waals surface area contributed by atoms with Crippen molar-refractivity contribution in [2.24, 2.45) is 0 Å². The highest BCUT2D eigenvalue weighted by Gasteiger charge is 2.35. The topological polar surface area (TPSA) is 91.7 Å². The zero-order chi connectivity index (χ0) is 25.9. The van der Waals surface area contributed by atoms with Crippen LogP contribution in [0.1, 0.15) is 57.8 Å². The summed E-state index contributed by atoms with van der Waals surface area (Å²) in [5.41, 5.74) is 2.06. The molecule has 0 radical (unpaired) electrons. The summed E-state index contributed by atoms with van der Waals surface area (Å²) in [5, 5.41) is 8.79. The number of esters is 1. The Kier molecular flexibility index (Phi) is 7.88. The molecule has 0 atom stereocenters. The van der Waals surface area contributed by atoms with E-state index in [0.29, 0.717) is 12.4 Å². The third kappa shape index (κ3) is 6.37. The molecule has 1 aliphatic rings. The van der Waals surface area contributed by atoms with E-state index in [1.165, 1.54) is 0 Å². The summed E-state index contributed by atoms with van der Waals surface area (Å²) in [6.07, 6.45) is 1.25. The van der Waals surface area contributed by atoms with Crippen LogP contribution >= 0.6 is 15.9 Å². The monoisotopic (exact) mass is 557 g/mol. The van der Waals surface area contributed by atoms with Gasteiger partial charge in [0.2, 0.25) is 0 Å². The van der Waals surface area contributed by atoms with Crippen LogP contribution in [0.25, 0.3) is 10.9 Å². The fourth-order valence-electron chi connectivity index (χ4n) is 4.26. The van der Waals surface area contributed by atoms with Gasteiger partial charge in [-0.2, -0.15) is 5.10 Å². The van der Waals surface area contributed by atoms with Gasteiger partial charge >= 0.3 is 12.1 Å². The van der Waals surface area contributed by atoms with Crippen LogP contribution in [-0.4, -0.2) is 40.1 Å². The number of rotatable bonds is 8. The van der Waals surface area contributed by atoms with Crippen LogP contribution in [-0.2, 0) is 27.3 Å². The summed E-state index contributed by atoms with van der Waals surface area (Å²) in [6, 6.07) is 13.6. The second kappa shape index (κ2) is 10.9. The van der Waals surface area contributed by atoms with E-state index >= 15 is 0 Å². The number of alkyl carbamates (subject to hydrolysis) is 1. The van der Waals surface area contributed by atoms with Gasteiger partial charge in [0.1, 0.15) is 18.0 Å². The highest BCUT2D eigenvalue weighted by molar-refractivity contribution is 9.10. The molecule has 192 valence electrons. The van der Waals surface area contributed by atoms with Gasteiger partial charge in [-0.05, 0) is 64.8 Å². The van der Waals surface area contributed by atoms with Crippen LogP contribution in [0, 0.1) is 0 Å². The summed E-state index contributed by atoms with van der Waals surface area (Å²) in [6.45, 7) is 7.96. The van der Waals surface area contributed by atoms with Gasteiger partial charge in [-0.15, -0.1) is 0 Å². The summed E-state index contributed by atoms with van der Waals surface area (Å²) in [4.78, 5) is 24.2. The number of nitrogens with zero attached hydrogens (tertiary/aromatic N) is 2. The zero-order valence-electron chi connectivity index (χ0n) is 21.0. The van der Waals surface area contributed by atoms with Crippen molar-refractivity contribution in [2.45, 2.75) is 71.2 Å². The molecular weight excluding hydrogens is 526 g/mol. The highest BCUT2D eigenvalue weighted by atomic mass is 79.9. The minimum absolute atomic E-state index is 0.0305. The van der Waals surface area contributed by atoms with Gasteiger partial charge < -0.3 is 19.5 Å². The summed E-state index contributed by atoms with van der Waals surface area (Å²) in [5.74, 6) is 0.352. The van der Waals surface area contributed by atoms with E-state index < -0.39 is 11.7 Å². The predicted octanol–water partition coefficient (Wildman–Crippen LogP) is 5.71. The molecule has 0 bridgehead atoms. The number of fused-ring (bicyclic) bond motifs is 1. The van der Waals surface area contributed by atoms with Crippen LogP contribution in [0.3, 0.4) is 0 Å². The van der Waals surface area contributed by atoms with E-state index in [4.69, 9.17) is 19.3 Å². The molecule has 2 aromatic carbocycles. The minimum Gasteiger partial charge on any atom is -0.487 e. The normalized spacial score (nSPS) is 17.4. The molecule has 1 N–H and O–H groups in total. The van der Waals surface area contributed by atoms with Crippen molar-refractivity contribution in [3.05, 3.63) is 58.2 Å². The van der Waals surface area contributed by atoms with Gasteiger partial charge in [0, 0.05) is 21.5 Å². The Balaban J connectivity index is 1.51. The SMILES string of the molecule is CCOC(=O)Cc1ccccc1OCc1c2cc(Br)ccc2nn1C1CC(NC(=O)OC(C)(C)C)C1. The first kappa shape index (κ1) is 26.0. The number of ether oxygens (including phenoxy) is 3. The quantitative estimate of drug-likeness (QED) is 0.356. The molecule has 36 heavy (non-hydrogen) atoms. The predicted molar refractivity (Wildman–Crippen MR) is 140 cm³/mol. The summed E-state index contributed by atoms with van der Waals surface area (Å²) in [7, 11) is 0. The Labute approximate surface area is 219 Å². The molecule has 1 aliphatic carbocycles. The maximum Gasteiger partial charge on any atom is 0.407 e. The van der Waals surface area contributed by atoms with Crippen molar-refractivity contribution in [2.75, 3.05) is 6.61 Å². The summed E-state index contributed by atoms with van der Waals surface area (Å²) < 4.78 is 19.7. The van der Waals surface area contributed by atoms with Gasteiger partial charge in [0.25, 0.3) is 0 Å². The molecule has 1 heterocycles. The van der Waals surface area contributed by atoms with E-state index in [1.54, 1.807) is 6.92 Å². The first-order chi connectivity index (χ1) is 17.1. The minimum atomic E-state index is -0.533. The molecule has 4 rings (SSSR count). The zero-order valence-corrected chi connectivity index (χ0v) is 22.6. The number of halogens is 1. The van der Waals surface area contributed by atoms with Gasteiger partial charge in [-0.3, -0.25) is 9.48 Å². The molecule has 1 amide bonds. The lowest BCUT2D eigenvalue weighted by molar-refractivity contribution is -0.142. The molecule has 0 spiro atoms. The number of aromatic nitrogens is 2. The van der Waals surface area contributed by atoms with Crippen molar-refractivity contribution in [1.82, 2.24) is 15.1 Å². The van der Waals surface area contributed by atoms with Crippen molar-refractivity contribution in [3.63, 3.8) is 0 Å². The Bertz CT molecular complexity index is 1240. The third-order valence-electron chi connectivity index (χ3n) is 5.92. The highest BCUT2D eigenvalue weighted by Crippen LogP contribution is 2.36. The molecule has 3 aromatic rings. The Hall–Kier alpha value is -3.07. The molecule has 1 fully saturated rings. The van der Waals surface area contributed by atoms with Crippen molar-refractivity contribution in [1.29, 1.82) is 0 Å². The maximum absolute atomic E-state index is 12.1. The van der Waals surface area contributed by atoms with Crippen LogP contribution in [0.5, 0.6) is 5.75 Å². The number of carbonyl (C=O) groups is 2. The first-order valence-corrected chi connectivity index (χ1v) is 12.9. The molecule has 1 aromatic heterocycles. The number of hydrogen-bond acceptors (Lipinski definition) is 6. The van der Waals surface area contributed by atoms with Crippen molar-refractivity contribution < 1.29 is 23.8 Å². The number of hydrogen-bond donors (Lipinski definition) is 1. The van der Waals surface area contributed by atoms with Crippen LogP contribution in [0.15, 0.2) is 46.9 Å². The van der Waals surface area contributed by atoms with Crippen molar-refractivity contribution in [3.8, 4) is 5.75 Å². The fraction of sp³-hybridized carbons (Fsp3) is 0.444. The number of para-hydroxylation sites is 1. The van der Waals surface area contributed by atoms with Gasteiger partial charge in [-0.25, -0.2) is 4.79 Å². The van der Waals surface area contributed by atoms with E-state index in [-0.39, 0.29) is 31.1 Å². The second-order valence-electron chi connectivity index (χ2n) is 9.90. The fourth-order valence-corrected chi connectivity index (χ4v) is 4.62. The largest absolute Gasteiger partial charge is 0.487 e. The Morgan fingerprint density at radius 2 is 1.92 bits per heavy atom. The molecule has 9 heteroatoms. The molecule has 0 unspecified atom stereocenters. The van der Waals surface area contributed by atoms with E-state index in [2.05, 4.69) is 21.2 Å². The standard InChI is InChI=1S/C27H32BrN3O5/c1-5-34-25(32)12-17-8-6-7-9-24(17)35-16-23-21-13-18(28)10-11-22(21)30-31(23)20-14-19(15-20)29-26(33)36-27(2,3)4/h6-11,13,19-20H,5,12,14-16H2,1-4H3,(H,29,33). The molecular formula is C27H32BrN3O5. The average molecular weight is 558 g/mol. The van der Waals surface area contributed by atoms with E-state index in [1.807, 2.05) is 67.9 Å². The molecule has 0 aliphatic heterocycles. The van der Waals surface area contributed by atoms with Crippen LogP contribution in [0.4, 0.5) is 4.79 Å². The maximum atomic E-state index is 12.1. The van der Waals surface area contributed by atoms with Gasteiger partial charge in [-0.1, -0.05) is 34.1 Å². The number of amides is 1. The first-order valence-electron chi connectivity index (χ1n) is 12.2. The lowest BCUT2D eigenvalue weighted by Crippen LogP contribution is -2.47. The van der Waals surface area contributed by atoms with Crippen molar-refractivity contribution >= 4 is 38.9 Å². The third-order valence-corrected chi connectivity index (χ3v) is 6.41. The number of carbonyl (C=O) groups excluding carboxylic acids is 2. The average Bonchev–Trinajstić information content (AvgIpc) is 3.11. The van der Waals surface area contributed by atoms with E-state index in [9.17, 15) is 9.59 Å². The van der Waals surface area contributed by atoms with Gasteiger partial charge in [0.15, 0.2) is 0 Å². The Morgan fingerprint density at radius 3 is 2.64 bits per heavy atom. The second-order valence-corrected chi connectivity index (χ2v) is 10.8. The number of benzene rings is 2. The van der Waals surface area contributed by atoms with Crippen LogP contribution in [0.2, 0.25) is 0 Å². The van der Waals surface area contributed by atoms with Crippen LogP contribution < -0.4 is 10.1 Å². The molecule has 1 saturated carbocycles. The molecule has 8 nitrogen and oxygen atoms in total.